The van der Waals surface area contributed by atoms with Gasteiger partial charge in [0, 0.05) is 18.4 Å². The van der Waals surface area contributed by atoms with Gasteiger partial charge in [-0.2, -0.15) is 0 Å². The molecule has 162 valence electrons. The maximum atomic E-state index is 13.9. The number of aryl methyl sites for hydroxylation is 1. The van der Waals surface area contributed by atoms with E-state index in [1.807, 2.05) is 34.9 Å². The van der Waals surface area contributed by atoms with Gasteiger partial charge < -0.3 is 5.11 Å². The van der Waals surface area contributed by atoms with Crippen LogP contribution in [0, 0.1) is 0 Å². The van der Waals surface area contributed by atoms with Gasteiger partial charge in [0.25, 0.3) is 5.56 Å². The fraction of sp³-hybridized carbons (Fsp3) is 0.259. The molecule has 0 bridgehead atoms. The molecule has 0 saturated carbocycles. The first-order valence-electron chi connectivity index (χ1n) is 11.2. The highest BCUT2D eigenvalue weighted by Crippen LogP contribution is 2.39. The van der Waals surface area contributed by atoms with Crippen LogP contribution in [0.4, 0.5) is 0 Å². The molecule has 1 aliphatic rings. The lowest BCUT2D eigenvalue weighted by molar-refractivity contribution is 0.482. The summed E-state index contributed by atoms with van der Waals surface area (Å²) in [6.07, 6.45) is 10.7. The first kappa shape index (κ1) is 20.7. The third kappa shape index (κ3) is 3.78. The van der Waals surface area contributed by atoms with E-state index >= 15 is 0 Å². The zero-order valence-corrected chi connectivity index (χ0v) is 19.0. The second kappa shape index (κ2) is 8.75. The third-order valence-corrected chi connectivity index (χ3v) is 7.21. The summed E-state index contributed by atoms with van der Waals surface area (Å²) < 4.78 is 2.61. The minimum absolute atomic E-state index is 0.0108. The van der Waals surface area contributed by atoms with E-state index < -0.39 is 0 Å². The summed E-state index contributed by atoms with van der Waals surface area (Å²) in [6, 6.07) is 13.9. The largest absolute Gasteiger partial charge is 0.506 e. The second-order valence-electron chi connectivity index (χ2n) is 8.37. The number of aromatic hydroxyl groups is 1. The number of phenols is 1. The third-order valence-electron chi connectivity index (χ3n) is 6.10. The van der Waals surface area contributed by atoms with Crippen molar-refractivity contribution in [2.45, 2.75) is 45.6 Å². The number of rotatable bonds is 7. The predicted octanol–water partition coefficient (Wildman–Crippen LogP) is 6.14. The molecule has 0 unspecified atom stereocenters. The van der Waals surface area contributed by atoms with Crippen molar-refractivity contribution in [2.75, 3.05) is 0 Å². The van der Waals surface area contributed by atoms with Crippen LogP contribution < -0.4 is 5.56 Å². The number of allylic oxidation sites excluding steroid dienone is 4. The fourth-order valence-electron chi connectivity index (χ4n) is 4.42. The molecular weight excluding hydrogens is 416 g/mol. The lowest BCUT2D eigenvalue weighted by Crippen LogP contribution is -2.26. The van der Waals surface area contributed by atoms with E-state index in [1.165, 1.54) is 16.9 Å². The molecule has 4 nitrogen and oxygen atoms in total. The van der Waals surface area contributed by atoms with E-state index in [-0.39, 0.29) is 11.3 Å². The van der Waals surface area contributed by atoms with Crippen molar-refractivity contribution in [1.29, 1.82) is 0 Å². The minimum atomic E-state index is -0.0108. The standard InChI is InChI=1S/C27H26N2O2S/c1-2-3-13-20-14-15-21(30)25-23(20)24-26(32-25)28-22(16-18-9-5-4-6-10-18)29(27(24)31)17-19-11-7-8-12-19/h4-11,14-15,30H,2-3,12-13,16-17H2,1H3. The van der Waals surface area contributed by atoms with Crippen LogP contribution in [-0.2, 0) is 19.4 Å². The van der Waals surface area contributed by atoms with E-state index in [4.69, 9.17) is 4.98 Å². The number of thiophene rings is 1. The quantitative estimate of drug-likeness (QED) is 0.374. The second-order valence-corrected chi connectivity index (χ2v) is 9.37. The monoisotopic (exact) mass is 442 g/mol. The van der Waals surface area contributed by atoms with Gasteiger partial charge >= 0.3 is 0 Å². The highest BCUT2D eigenvalue weighted by atomic mass is 32.1. The number of hydrogen-bond acceptors (Lipinski definition) is 4. The van der Waals surface area contributed by atoms with Crippen molar-refractivity contribution >= 4 is 31.6 Å². The van der Waals surface area contributed by atoms with E-state index in [0.29, 0.717) is 23.2 Å². The smallest absolute Gasteiger partial charge is 0.263 e. The van der Waals surface area contributed by atoms with Gasteiger partial charge in [-0.05, 0) is 42.0 Å². The Kier molecular flexibility index (Phi) is 5.66. The zero-order chi connectivity index (χ0) is 22.1. The van der Waals surface area contributed by atoms with Gasteiger partial charge in [-0.25, -0.2) is 4.98 Å². The molecule has 0 radical (unpaired) electrons. The maximum absolute atomic E-state index is 13.9. The van der Waals surface area contributed by atoms with Crippen LogP contribution in [0.5, 0.6) is 5.75 Å². The topological polar surface area (TPSA) is 55.1 Å². The molecule has 0 saturated heterocycles. The molecular formula is C27H26N2O2S. The van der Waals surface area contributed by atoms with Gasteiger partial charge in [0.05, 0.1) is 10.1 Å². The van der Waals surface area contributed by atoms with Crippen LogP contribution >= 0.6 is 11.3 Å². The zero-order valence-electron chi connectivity index (χ0n) is 18.2. The molecule has 1 N–H and O–H groups in total. The molecule has 2 aromatic heterocycles. The number of aromatic nitrogens is 2. The molecule has 0 spiro atoms. The Labute approximate surface area is 191 Å². The predicted molar refractivity (Wildman–Crippen MR) is 133 cm³/mol. The van der Waals surface area contributed by atoms with Crippen LogP contribution in [0.15, 0.2) is 71.1 Å². The molecule has 1 aliphatic carbocycles. The van der Waals surface area contributed by atoms with Gasteiger partial charge in [0.15, 0.2) is 0 Å². The highest BCUT2D eigenvalue weighted by Gasteiger charge is 2.21. The van der Waals surface area contributed by atoms with Crippen LogP contribution in [0.25, 0.3) is 20.3 Å². The van der Waals surface area contributed by atoms with Crippen molar-refractivity contribution in [3.05, 3.63) is 93.6 Å². The summed E-state index contributed by atoms with van der Waals surface area (Å²) >= 11 is 1.42. The van der Waals surface area contributed by atoms with Gasteiger partial charge in [-0.1, -0.05) is 68.0 Å². The van der Waals surface area contributed by atoms with Crippen LogP contribution in [0.2, 0.25) is 0 Å². The summed E-state index contributed by atoms with van der Waals surface area (Å²) in [4.78, 5) is 19.6. The normalized spacial score (nSPS) is 13.3. The van der Waals surface area contributed by atoms with E-state index in [2.05, 4.69) is 31.2 Å². The number of nitrogens with zero attached hydrogens (tertiary/aromatic N) is 2. The van der Waals surface area contributed by atoms with Gasteiger partial charge in [-0.15, -0.1) is 11.3 Å². The molecule has 2 heterocycles. The summed E-state index contributed by atoms with van der Waals surface area (Å²) in [7, 11) is 0. The molecule has 0 fully saturated rings. The Bertz CT molecular complexity index is 1410. The molecule has 5 heteroatoms. The number of fused-ring (bicyclic) bond motifs is 3. The minimum Gasteiger partial charge on any atom is -0.506 e. The van der Waals surface area contributed by atoms with Crippen LogP contribution in [0.1, 0.15) is 43.1 Å². The molecule has 4 aromatic rings. The van der Waals surface area contributed by atoms with Gasteiger partial charge in [0.2, 0.25) is 0 Å². The molecule has 0 aliphatic heterocycles. The average molecular weight is 443 g/mol. The Morgan fingerprint density at radius 2 is 1.97 bits per heavy atom. The maximum Gasteiger partial charge on any atom is 0.263 e. The van der Waals surface area contributed by atoms with E-state index in [1.54, 1.807) is 6.07 Å². The molecule has 32 heavy (non-hydrogen) atoms. The lowest BCUT2D eigenvalue weighted by Gasteiger charge is -2.14. The van der Waals surface area contributed by atoms with Crippen molar-refractivity contribution < 1.29 is 5.11 Å². The molecule has 2 aromatic carbocycles. The Morgan fingerprint density at radius 3 is 2.72 bits per heavy atom. The molecule has 0 amide bonds. The summed E-state index contributed by atoms with van der Waals surface area (Å²) in [5.41, 5.74) is 3.44. The Morgan fingerprint density at radius 1 is 1.12 bits per heavy atom. The van der Waals surface area contributed by atoms with E-state index in [9.17, 15) is 9.90 Å². The van der Waals surface area contributed by atoms with Crippen LogP contribution in [0.3, 0.4) is 0 Å². The number of benzene rings is 2. The Balaban J connectivity index is 1.75. The number of phenolic OH excluding ortho intramolecular Hbond substituents is 1. The lowest BCUT2D eigenvalue weighted by atomic mass is 10.0. The fourth-order valence-corrected chi connectivity index (χ4v) is 5.56. The number of hydrogen-bond donors (Lipinski definition) is 1. The summed E-state index contributed by atoms with van der Waals surface area (Å²) in [5, 5.41) is 12.1. The molecule has 5 rings (SSSR count). The van der Waals surface area contributed by atoms with Gasteiger partial charge in [0.1, 0.15) is 16.4 Å². The van der Waals surface area contributed by atoms with Gasteiger partial charge in [-0.3, -0.25) is 9.36 Å². The SMILES string of the molecule is CCCCc1ccc(O)c2sc3nc(Cc4ccccc4)n(CC4=CC=CC4)c(=O)c3c12. The first-order valence-corrected chi connectivity index (χ1v) is 12.0. The average Bonchev–Trinajstić information content (AvgIpc) is 3.45. The molecule has 0 atom stereocenters. The highest BCUT2D eigenvalue weighted by molar-refractivity contribution is 7.25. The summed E-state index contributed by atoms with van der Waals surface area (Å²) in [5.74, 6) is 0.990. The Hall–Kier alpha value is -3.18. The van der Waals surface area contributed by atoms with Crippen molar-refractivity contribution in [2.24, 2.45) is 0 Å². The van der Waals surface area contributed by atoms with Crippen molar-refractivity contribution in [3.63, 3.8) is 0 Å². The summed E-state index contributed by atoms with van der Waals surface area (Å²) in [6.45, 7) is 2.70. The van der Waals surface area contributed by atoms with Crippen LogP contribution in [-0.4, -0.2) is 14.7 Å². The number of unbranched alkanes of at least 4 members (excludes halogenated alkanes) is 1. The van der Waals surface area contributed by atoms with E-state index in [0.717, 1.165) is 52.7 Å². The van der Waals surface area contributed by atoms with Crippen molar-refractivity contribution in [3.8, 4) is 5.75 Å². The van der Waals surface area contributed by atoms with Crippen molar-refractivity contribution in [1.82, 2.24) is 9.55 Å². The first-order chi connectivity index (χ1) is 15.7.